The Morgan fingerprint density at radius 1 is 1.33 bits per heavy atom. The molecule has 0 atom stereocenters. The van der Waals surface area contributed by atoms with E-state index in [1.165, 1.54) is 25.7 Å². The fraction of sp³-hybridized carbons (Fsp3) is 0.438. The molecular weight excluding hydrogens is 286 g/mol. The molecule has 0 radical (unpaired) electrons. The van der Waals surface area contributed by atoms with Crippen molar-refractivity contribution in [2.45, 2.75) is 38.6 Å². The van der Waals surface area contributed by atoms with E-state index in [1.807, 2.05) is 29.8 Å². The zero-order chi connectivity index (χ0) is 14.8. The highest BCUT2D eigenvalue weighted by Crippen LogP contribution is 2.32. The number of nitrogens with one attached hydrogen (secondary N) is 1. The highest BCUT2D eigenvalue weighted by atomic mass is 35.5. The van der Waals surface area contributed by atoms with Gasteiger partial charge in [-0.3, -0.25) is 4.57 Å². The minimum Gasteiger partial charge on any atom is -0.495 e. The van der Waals surface area contributed by atoms with Crippen LogP contribution in [0.2, 0.25) is 5.02 Å². The Bertz CT molecular complexity index is 632. The maximum Gasteiger partial charge on any atom is 0.207 e. The van der Waals surface area contributed by atoms with E-state index in [9.17, 15) is 0 Å². The second-order valence-corrected chi connectivity index (χ2v) is 5.93. The van der Waals surface area contributed by atoms with E-state index in [1.54, 1.807) is 13.3 Å². The molecule has 0 amide bonds. The average molecular weight is 306 g/mol. The van der Waals surface area contributed by atoms with E-state index in [2.05, 4.69) is 10.3 Å². The van der Waals surface area contributed by atoms with Crippen LogP contribution in [0, 0.1) is 6.92 Å². The molecule has 21 heavy (non-hydrogen) atoms. The lowest BCUT2D eigenvalue weighted by Gasteiger charge is -2.17. The number of anilines is 1. The van der Waals surface area contributed by atoms with E-state index in [4.69, 9.17) is 16.3 Å². The van der Waals surface area contributed by atoms with Crippen molar-refractivity contribution < 1.29 is 4.74 Å². The van der Waals surface area contributed by atoms with Crippen molar-refractivity contribution in [1.29, 1.82) is 0 Å². The first-order chi connectivity index (χ1) is 10.2. The van der Waals surface area contributed by atoms with Crippen LogP contribution < -0.4 is 10.1 Å². The number of aryl methyl sites for hydroxylation is 1. The Hall–Kier alpha value is -1.68. The summed E-state index contributed by atoms with van der Waals surface area (Å²) in [4.78, 5) is 4.45. The van der Waals surface area contributed by atoms with E-state index in [-0.39, 0.29) is 0 Å². The molecule has 1 saturated carbocycles. The summed E-state index contributed by atoms with van der Waals surface area (Å²) in [6.45, 7) is 1.99. The molecule has 4 nitrogen and oxygen atoms in total. The Morgan fingerprint density at radius 2 is 2.10 bits per heavy atom. The molecule has 3 rings (SSSR count). The Labute approximate surface area is 130 Å². The van der Waals surface area contributed by atoms with Crippen molar-refractivity contribution >= 4 is 17.5 Å². The number of aromatic nitrogens is 2. The average Bonchev–Trinajstić information content (AvgIpc) is 3.13. The van der Waals surface area contributed by atoms with Crippen molar-refractivity contribution in [3.05, 3.63) is 35.1 Å². The fourth-order valence-corrected chi connectivity index (χ4v) is 3.01. The second-order valence-electron chi connectivity index (χ2n) is 5.52. The number of halogens is 1. The SMILES string of the molecule is COc1cc(Cl)c(C)cc1-n1ccnc1NC1CCCC1. The Kier molecular flexibility index (Phi) is 4.06. The largest absolute Gasteiger partial charge is 0.495 e. The number of nitrogens with zero attached hydrogens (tertiary/aromatic N) is 2. The highest BCUT2D eigenvalue weighted by molar-refractivity contribution is 6.31. The topological polar surface area (TPSA) is 39.1 Å². The van der Waals surface area contributed by atoms with Crippen LogP contribution in [-0.2, 0) is 0 Å². The van der Waals surface area contributed by atoms with Crippen molar-refractivity contribution in [3.63, 3.8) is 0 Å². The van der Waals surface area contributed by atoms with Gasteiger partial charge in [-0.25, -0.2) is 4.98 Å². The molecular formula is C16H20ClN3O. The molecule has 1 aromatic heterocycles. The van der Waals surface area contributed by atoms with E-state index in [0.29, 0.717) is 11.1 Å². The molecule has 1 aliphatic carbocycles. The maximum atomic E-state index is 6.18. The van der Waals surface area contributed by atoms with Crippen LogP contribution in [0.25, 0.3) is 5.69 Å². The summed E-state index contributed by atoms with van der Waals surface area (Å²) in [5.74, 6) is 1.61. The molecule has 112 valence electrons. The zero-order valence-electron chi connectivity index (χ0n) is 12.4. The summed E-state index contributed by atoms with van der Waals surface area (Å²) in [6.07, 6.45) is 8.76. The number of imidazole rings is 1. The molecule has 5 heteroatoms. The molecule has 1 heterocycles. The normalized spacial score (nSPS) is 15.4. The molecule has 1 fully saturated rings. The van der Waals surface area contributed by atoms with E-state index < -0.39 is 0 Å². The summed E-state index contributed by atoms with van der Waals surface area (Å²) in [5, 5.41) is 4.25. The van der Waals surface area contributed by atoms with Crippen LogP contribution in [0.3, 0.4) is 0 Å². The predicted octanol–water partition coefficient (Wildman–Crippen LogP) is 4.20. The second kappa shape index (κ2) is 5.98. The van der Waals surface area contributed by atoms with Gasteiger partial charge in [0, 0.05) is 29.5 Å². The van der Waals surface area contributed by atoms with Crippen LogP contribution in [0.1, 0.15) is 31.2 Å². The van der Waals surface area contributed by atoms with E-state index in [0.717, 1.165) is 22.9 Å². The van der Waals surface area contributed by atoms with Crippen molar-refractivity contribution in [1.82, 2.24) is 9.55 Å². The minimum absolute atomic E-state index is 0.519. The van der Waals surface area contributed by atoms with Crippen molar-refractivity contribution in [2.24, 2.45) is 0 Å². The molecule has 1 aromatic carbocycles. The molecule has 0 aliphatic heterocycles. The number of methoxy groups -OCH3 is 1. The standard InChI is InChI=1S/C16H20ClN3O/c1-11-9-14(15(21-2)10-13(11)17)20-8-7-18-16(20)19-12-5-3-4-6-12/h7-10,12H,3-6H2,1-2H3,(H,18,19). The number of hydrogen-bond donors (Lipinski definition) is 1. The molecule has 0 saturated heterocycles. The molecule has 1 N–H and O–H groups in total. The van der Waals surface area contributed by atoms with E-state index >= 15 is 0 Å². The highest BCUT2D eigenvalue weighted by Gasteiger charge is 2.18. The lowest BCUT2D eigenvalue weighted by molar-refractivity contribution is 0.413. The first-order valence-corrected chi connectivity index (χ1v) is 7.71. The quantitative estimate of drug-likeness (QED) is 0.920. The molecule has 0 spiro atoms. The Balaban J connectivity index is 1.97. The summed E-state index contributed by atoms with van der Waals surface area (Å²) in [5.41, 5.74) is 1.98. The van der Waals surface area contributed by atoms with Gasteiger partial charge in [0.2, 0.25) is 5.95 Å². The third kappa shape index (κ3) is 2.86. The van der Waals surface area contributed by atoms with Crippen LogP contribution in [0.4, 0.5) is 5.95 Å². The number of ether oxygens (including phenoxy) is 1. The molecule has 0 bridgehead atoms. The lowest BCUT2D eigenvalue weighted by atomic mass is 10.2. The van der Waals surface area contributed by atoms with Crippen LogP contribution in [0.15, 0.2) is 24.5 Å². The first-order valence-electron chi connectivity index (χ1n) is 7.33. The monoisotopic (exact) mass is 305 g/mol. The summed E-state index contributed by atoms with van der Waals surface area (Å²) in [7, 11) is 1.66. The van der Waals surface area contributed by atoms with Crippen molar-refractivity contribution in [2.75, 3.05) is 12.4 Å². The number of hydrogen-bond acceptors (Lipinski definition) is 3. The van der Waals surface area contributed by atoms with Gasteiger partial charge < -0.3 is 10.1 Å². The van der Waals surface area contributed by atoms with Gasteiger partial charge in [-0.15, -0.1) is 0 Å². The summed E-state index contributed by atoms with van der Waals surface area (Å²) in [6, 6.07) is 4.40. The third-order valence-electron chi connectivity index (χ3n) is 4.05. The zero-order valence-corrected chi connectivity index (χ0v) is 13.2. The smallest absolute Gasteiger partial charge is 0.207 e. The predicted molar refractivity (Wildman–Crippen MR) is 85.7 cm³/mol. The van der Waals surface area contributed by atoms with Gasteiger partial charge >= 0.3 is 0 Å². The lowest BCUT2D eigenvalue weighted by Crippen LogP contribution is -2.17. The van der Waals surface area contributed by atoms with Gasteiger partial charge in [-0.05, 0) is 31.4 Å². The van der Waals surface area contributed by atoms with Crippen LogP contribution in [-0.4, -0.2) is 22.7 Å². The van der Waals surface area contributed by atoms with Crippen LogP contribution >= 0.6 is 11.6 Å². The molecule has 0 unspecified atom stereocenters. The van der Waals surface area contributed by atoms with Gasteiger partial charge in [-0.1, -0.05) is 24.4 Å². The van der Waals surface area contributed by atoms with Gasteiger partial charge in [-0.2, -0.15) is 0 Å². The Morgan fingerprint density at radius 3 is 2.81 bits per heavy atom. The van der Waals surface area contributed by atoms with Gasteiger partial charge in [0.05, 0.1) is 12.8 Å². The first kappa shape index (κ1) is 14.3. The summed E-state index contributed by atoms with van der Waals surface area (Å²) >= 11 is 6.18. The molecule has 2 aromatic rings. The van der Waals surface area contributed by atoms with Gasteiger partial charge in [0.15, 0.2) is 0 Å². The van der Waals surface area contributed by atoms with Crippen LogP contribution in [0.5, 0.6) is 5.75 Å². The third-order valence-corrected chi connectivity index (χ3v) is 4.46. The number of rotatable bonds is 4. The fourth-order valence-electron chi connectivity index (χ4n) is 2.86. The summed E-state index contributed by atoms with van der Waals surface area (Å²) < 4.78 is 7.50. The van der Waals surface area contributed by atoms with Gasteiger partial charge in [0.1, 0.15) is 5.75 Å². The van der Waals surface area contributed by atoms with Crippen molar-refractivity contribution in [3.8, 4) is 11.4 Å². The molecule has 1 aliphatic rings. The minimum atomic E-state index is 0.519. The van der Waals surface area contributed by atoms with Gasteiger partial charge in [0.25, 0.3) is 0 Å². The maximum absolute atomic E-state index is 6.18. The number of benzene rings is 1.